The Morgan fingerprint density at radius 1 is 1.09 bits per heavy atom. The largest absolute Gasteiger partial charge is 0.506 e. The second-order valence-corrected chi connectivity index (χ2v) is 10.3. The molecular formula is C23H20Cl2N4O4S. The van der Waals surface area contributed by atoms with Gasteiger partial charge < -0.3 is 15.4 Å². The summed E-state index contributed by atoms with van der Waals surface area (Å²) >= 11 is 12.3. The molecule has 1 aromatic heterocycles. The molecule has 0 aliphatic heterocycles. The standard InChI is InChI=1S/C23H20Cl2N4O4S/c1-34(32,33)26-11-10-13-2-5-15(6-3-13)27-23(31)17-8-9-19(30)21-20(17)28-22(29-21)16-7-4-14(24)12-18(16)25/h2-9,12,26,30H,10-11H2,1H3,(H,27,31)(H,28,29). The number of carbonyl (C=O) groups is 1. The molecule has 4 rings (SSSR count). The molecule has 0 atom stereocenters. The number of amides is 1. The molecule has 4 N–H and O–H groups in total. The van der Waals surface area contributed by atoms with Crippen molar-refractivity contribution in [2.24, 2.45) is 0 Å². The summed E-state index contributed by atoms with van der Waals surface area (Å²) in [6, 6.07) is 14.9. The minimum atomic E-state index is -3.24. The Morgan fingerprint density at radius 2 is 1.82 bits per heavy atom. The molecule has 0 unspecified atom stereocenters. The highest BCUT2D eigenvalue weighted by atomic mass is 35.5. The number of rotatable bonds is 7. The summed E-state index contributed by atoms with van der Waals surface area (Å²) in [7, 11) is -3.24. The van der Waals surface area contributed by atoms with E-state index in [4.69, 9.17) is 23.2 Å². The van der Waals surface area contributed by atoms with Crippen LogP contribution in [0.2, 0.25) is 10.0 Å². The van der Waals surface area contributed by atoms with E-state index < -0.39 is 15.9 Å². The molecule has 8 nitrogen and oxygen atoms in total. The first-order valence-electron chi connectivity index (χ1n) is 10.1. The maximum Gasteiger partial charge on any atom is 0.257 e. The number of carbonyl (C=O) groups excluding carboxylic acids is 1. The molecule has 0 aliphatic rings. The summed E-state index contributed by atoms with van der Waals surface area (Å²) in [4.78, 5) is 20.5. The SMILES string of the molecule is CS(=O)(=O)NCCc1ccc(NC(=O)c2ccc(O)c3[nH]c(-c4ccc(Cl)cc4Cl)nc23)cc1. The summed E-state index contributed by atoms with van der Waals surface area (Å²) in [5.41, 5.74) is 2.92. The number of benzene rings is 3. The van der Waals surface area contributed by atoms with Crippen LogP contribution in [0.4, 0.5) is 5.69 Å². The first-order chi connectivity index (χ1) is 16.1. The lowest BCUT2D eigenvalue weighted by Gasteiger charge is -2.08. The van der Waals surface area contributed by atoms with E-state index in [1.165, 1.54) is 12.1 Å². The topological polar surface area (TPSA) is 124 Å². The average Bonchev–Trinajstić information content (AvgIpc) is 3.20. The maximum absolute atomic E-state index is 13.0. The second kappa shape index (κ2) is 9.63. The number of fused-ring (bicyclic) bond motifs is 1. The quantitative estimate of drug-likeness (QED) is 0.285. The molecule has 0 aliphatic carbocycles. The van der Waals surface area contributed by atoms with Gasteiger partial charge in [0.25, 0.3) is 5.91 Å². The summed E-state index contributed by atoms with van der Waals surface area (Å²) in [6.45, 7) is 0.287. The van der Waals surface area contributed by atoms with Crippen molar-refractivity contribution in [1.29, 1.82) is 0 Å². The smallest absolute Gasteiger partial charge is 0.257 e. The fraction of sp³-hybridized carbons (Fsp3) is 0.130. The van der Waals surface area contributed by atoms with Crippen molar-refractivity contribution in [3.05, 3.63) is 75.8 Å². The van der Waals surface area contributed by atoms with E-state index in [0.29, 0.717) is 44.6 Å². The number of phenols is 1. The zero-order valence-electron chi connectivity index (χ0n) is 17.9. The highest BCUT2D eigenvalue weighted by Crippen LogP contribution is 2.33. The van der Waals surface area contributed by atoms with Crippen LogP contribution < -0.4 is 10.0 Å². The molecule has 176 valence electrons. The number of anilines is 1. The Hall–Kier alpha value is -3.11. The van der Waals surface area contributed by atoms with Crippen molar-refractivity contribution in [3.63, 3.8) is 0 Å². The van der Waals surface area contributed by atoms with E-state index in [0.717, 1.165) is 11.8 Å². The number of hydrogen-bond donors (Lipinski definition) is 4. The van der Waals surface area contributed by atoms with Crippen molar-refractivity contribution in [2.75, 3.05) is 18.1 Å². The fourth-order valence-electron chi connectivity index (χ4n) is 3.40. The number of aromatic amines is 1. The van der Waals surface area contributed by atoms with Gasteiger partial charge in [-0.3, -0.25) is 4.79 Å². The van der Waals surface area contributed by atoms with Gasteiger partial charge >= 0.3 is 0 Å². The van der Waals surface area contributed by atoms with Crippen molar-refractivity contribution in [2.45, 2.75) is 6.42 Å². The third kappa shape index (κ3) is 5.51. The number of nitrogens with zero attached hydrogens (tertiary/aromatic N) is 1. The number of hydrogen-bond acceptors (Lipinski definition) is 5. The van der Waals surface area contributed by atoms with Crippen LogP contribution in [0.15, 0.2) is 54.6 Å². The van der Waals surface area contributed by atoms with Crippen molar-refractivity contribution < 1.29 is 18.3 Å². The molecule has 1 heterocycles. The van der Waals surface area contributed by atoms with Crippen LogP contribution in [-0.2, 0) is 16.4 Å². The Labute approximate surface area is 206 Å². The lowest BCUT2D eigenvalue weighted by atomic mass is 10.1. The third-order valence-electron chi connectivity index (χ3n) is 5.04. The van der Waals surface area contributed by atoms with E-state index >= 15 is 0 Å². The maximum atomic E-state index is 13.0. The van der Waals surface area contributed by atoms with Gasteiger partial charge in [0, 0.05) is 22.8 Å². The Morgan fingerprint density at radius 3 is 2.50 bits per heavy atom. The predicted octanol–water partition coefficient (Wildman–Crippen LogP) is 4.59. The van der Waals surface area contributed by atoms with Crippen LogP contribution in [0, 0.1) is 0 Å². The van der Waals surface area contributed by atoms with Crippen LogP contribution >= 0.6 is 23.2 Å². The molecule has 4 aromatic rings. The van der Waals surface area contributed by atoms with E-state index in [9.17, 15) is 18.3 Å². The normalized spacial score (nSPS) is 11.6. The number of imidazole rings is 1. The molecule has 0 saturated carbocycles. The molecule has 0 radical (unpaired) electrons. The first kappa shape index (κ1) is 24.0. The monoisotopic (exact) mass is 518 g/mol. The number of aromatic nitrogens is 2. The van der Waals surface area contributed by atoms with Crippen molar-refractivity contribution in [1.82, 2.24) is 14.7 Å². The summed E-state index contributed by atoms with van der Waals surface area (Å²) in [5, 5.41) is 14.0. The molecule has 0 bridgehead atoms. The van der Waals surface area contributed by atoms with Gasteiger partial charge in [0.05, 0.1) is 16.8 Å². The Balaban J connectivity index is 1.56. The minimum absolute atomic E-state index is 0.0533. The van der Waals surface area contributed by atoms with Gasteiger partial charge in [-0.15, -0.1) is 0 Å². The lowest BCUT2D eigenvalue weighted by Crippen LogP contribution is -2.24. The molecule has 34 heavy (non-hydrogen) atoms. The number of sulfonamides is 1. The summed E-state index contributed by atoms with van der Waals surface area (Å²) in [6.07, 6.45) is 1.63. The molecule has 3 aromatic carbocycles. The van der Waals surface area contributed by atoms with E-state index in [2.05, 4.69) is 20.0 Å². The lowest BCUT2D eigenvalue weighted by molar-refractivity contribution is 0.102. The number of H-pyrrole nitrogens is 1. The van der Waals surface area contributed by atoms with Crippen LogP contribution in [0.25, 0.3) is 22.4 Å². The van der Waals surface area contributed by atoms with Crippen LogP contribution in [0.1, 0.15) is 15.9 Å². The summed E-state index contributed by atoms with van der Waals surface area (Å²) < 4.78 is 24.8. The van der Waals surface area contributed by atoms with Crippen LogP contribution in [0.3, 0.4) is 0 Å². The minimum Gasteiger partial charge on any atom is -0.506 e. The molecule has 0 saturated heterocycles. The molecule has 0 spiro atoms. The predicted molar refractivity (Wildman–Crippen MR) is 134 cm³/mol. The number of nitrogens with one attached hydrogen (secondary N) is 3. The molecule has 1 amide bonds. The first-order valence-corrected chi connectivity index (χ1v) is 12.8. The highest BCUT2D eigenvalue weighted by molar-refractivity contribution is 7.88. The van der Waals surface area contributed by atoms with Gasteiger partial charge in [-0.05, 0) is 54.4 Å². The van der Waals surface area contributed by atoms with Gasteiger partial charge in [0.1, 0.15) is 22.6 Å². The Kier molecular flexibility index (Phi) is 6.81. The van der Waals surface area contributed by atoms with Crippen LogP contribution in [0.5, 0.6) is 5.75 Å². The second-order valence-electron chi connectivity index (χ2n) is 7.63. The third-order valence-corrected chi connectivity index (χ3v) is 6.32. The molecule has 11 heteroatoms. The van der Waals surface area contributed by atoms with E-state index in [1.807, 2.05) is 0 Å². The zero-order chi connectivity index (χ0) is 24.5. The van der Waals surface area contributed by atoms with Gasteiger partial charge in [-0.2, -0.15) is 0 Å². The number of phenolic OH excluding ortho intramolecular Hbond substituents is 1. The Bertz CT molecular complexity index is 1490. The summed E-state index contributed by atoms with van der Waals surface area (Å²) in [5.74, 6) is -0.0709. The van der Waals surface area contributed by atoms with Gasteiger partial charge in [0.2, 0.25) is 10.0 Å². The zero-order valence-corrected chi connectivity index (χ0v) is 20.2. The highest BCUT2D eigenvalue weighted by Gasteiger charge is 2.18. The average molecular weight is 519 g/mol. The van der Waals surface area contributed by atoms with Crippen molar-refractivity contribution in [3.8, 4) is 17.1 Å². The molecule has 0 fully saturated rings. The van der Waals surface area contributed by atoms with E-state index in [-0.39, 0.29) is 17.9 Å². The fourth-order valence-corrected chi connectivity index (χ4v) is 4.38. The number of halogens is 2. The number of aromatic hydroxyl groups is 1. The molecular weight excluding hydrogens is 499 g/mol. The van der Waals surface area contributed by atoms with Gasteiger partial charge in [0.15, 0.2) is 0 Å². The van der Waals surface area contributed by atoms with Gasteiger partial charge in [-0.25, -0.2) is 18.1 Å². The van der Waals surface area contributed by atoms with Crippen molar-refractivity contribution >= 4 is 55.9 Å². The van der Waals surface area contributed by atoms with E-state index in [1.54, 1.807) is 42.5 Å². The van der Waals surface area contributed by atoms with Crippen LogP contribution in [-0.4, -0.2) is 42.2 Å². The van der Waals surface area contributed by atoms with Gasteiger partial charge in [-0.1, -0.05) is 35.3 Å².